The van der Waals surface area contributed by atoms with Crippen molar-refractivity contribution in [2.45, 2.75) is 57.9 Å². The van der Waals surface area contributed by atoms with Gasteiger partial charge in [0.1, 0.15) is 0 Å². The van der Waals surface area contributed by atoms with Gasteiger partial charge in [0.2, 0.25) is 0 Å². The topological polar surface area (TPSA) is 85.2 Å². The van der Waals surface area contributed by atoms with Crippen LogP contribution in [0.25, 0.3) is 11.4 Å². The first-order chi connectivity index (χ1) is 18.1. The van der Waals surface area contributed by atoms with Gasteiger partial charge in [-0.1, -0.05) is 12.1 Å². The minimum atomic E-state index is -0.197. The maximum atomic E-state index is 13.1. The summed E-state index contributed by atoms with van der Waals surface area (Å²) in [6.07, 6.45) is 13.3. The van der Waals surface area contributed by atoms with Crippen LogP contribution < -0.4 is 5.32 Å². The third-order valence-corrected chi connectivity index (χ3v) is 7.88. The van der Waals surface area contributed by atoms with Gasteiger partial charge in [0, 0.05) is 25.3 Å². The Morgan fingerprint density at radius 3 is 2.57 bits per heavy atom. The molecule has 0 bridgehead atoms. The average Bonchev–Trinajstić information content (AvgIpc) is 3.71. The number of aromatic nitrogens is 4. The Hall–Kier alpha value is -3.36. The summed E-state index contributed by atoms with van der Waals surface area (Å²) in [5, 5.41) is 7.44. The molecule has 1 unspecified atom stereocenters. The van der Waals surface area contributed by atoms with Crippen LogP contribution >= 0.6 is 0 Å². The normalized spacial score (nSPS) is 20.5. The Kier molecular flexibility index (Phi) is 6.61. The lowest BCUT2D eigenvalue weighted by molar-refractivity contribution is 0.0150. The zero-order chi connectivity index (χ0) is 25.4. The minimum absolute atomic E-state index is 0.197. The van der Waals surface area contributed by atoms with Gasteiger partial charge in [-0.2, -0.15) is 5.10 Å². The summed E-state index contributed by atoms with van der Waals surface area (Å²) >= 11 is 0. The van der Waals surface area contributed by atoms with Crippen molar-refractivity contribution in [1.82, 2.24) is 24.6 Å². The predicted molar refractivity (Wildman–Crippen MR) is 143 cm³/mol. The van der Waals surface area contributed by atoms with Crippen LogP contribution in [0.15, 0.2) is 42.9 Å². The maximum Gasteiger partial charge on any atom is 0.259 e. The maximum absolute atomic E-state index is 13.1. The van der Waals surface area contributed by atoms with Crippen molar-refractivity contribution >= 4 is 17.2 Å². The first kappa shape index (κ1) is 24.0. The standard InChI is InChI=1S/C29H34N6O2/c1-19-15-24(17-31-28(19)22-5-8-25(9-6-22)34-11-13-37-14-12-34)33-29(36)26-18-32-35(20(26)2)27-10-7-23(16-30-27)21-3-4-21/h5,7,10,15-18,21,25H,3-4,6,8-9,11-14H2,1-2H3,(H,33,36). The summed E-state index contributed by atoms with van der Waals surface area (Å²) in [4.78, 5) is 24.9. The number of amides is 1. The van der Waals surface area contributed by atoms with Crippen LogP contribution in [0.2, 0.25) is 0 Å². The van der Waals surface area contributed by atoms with Crippen LogP contribution in [0.1, 0.15) is 70.9 Å². The summed E-state index contributed by atoms with van der Waals surface area (Å²) in [5.41, 5.74) is 6.65. The first-order valence-electron chi connectivity index (χ1n) is 13.4. The molecule has 1 atom stereocenters. The van der Waals surface area contributed by atoms with Crippen LogP contribution in [0.4, 0.5) is 5.69 Å². The number of nitrogens with zero attached hydrogens (tertiary/aromatic N) is 5. The van der Waals surface area contributed by atoms with Crippen molar-refractivity contribution in [2.24, 2.45) is 0 Å². The van der Waals surface area contributed by atoms with Crippen molar-refractivity contribution in [1.29, 1.82) is 0 Å². The van der Waals surface area contributed by atoms with Crippen molar-refractivity contribution < 1.29 is 9.53 Å². The van der Waals surface area contributed by atoms with E-state index in [1.807, 2.05) is 25.3 Å². The number of pyridine rings is 2. The number of aryl methyl sites for hydroxylation is 1. The van der Waals surface area contributed by atoms with E-state index in [4.69, 9.17) is 9.72 Å². The molecule has 0 spiro atoms. The van der Waals surface area contributed by atoms with E-state index in [-0.39, 0.29) is 5.91 Å². The molecular weight excluding hydrogens is 464 g/mol. The molecule has 192 valence electrons. The van der Waals surface area contributed by atoms with E-state index in [2.05, 4.69) is 39.4 Å². The van der Waals surface area contributed by atoms with Gasteiger partial charge < -0.3 is 10.1 Å². The quantitative estimate of drug-likeness (QED) is 0.531. The molecule has 37 heavy (non-hydrogen) atoms. The number of hydrogen-bond acceptors (Lipinski definition) is 6. The van der Waals surface area contributed by atoms with Crippen LogP contribution in [0, 0.1) is 13.8 Å². The van der Waals surface area contributed by atoms with Crippen LogP contribution in [0.5, 0.6) is 0 Å². The van der Waals surface area contributed by atoms with Gasteiger partial charge in [0.25, 0.3) is 5.91 Å². The average molecular weight is 499 g/mol. The second-order valence-corrected chi connectivity index (χ2v) is 10.4. The van der Waals surface area contributed by atoms with Gasteiger partial charge in [0.15, 0.2) is 5.82 Å². The van der Waals surface area contributed by atoms with Gasteiger partial charge in [0.05, 0.1) is 48.2 Å². The van der Waals surface area contributed by atoms with E-state index in [0.717, 1.165) is 68.3 Å². The summed E-state index contributed by atoms with van der Waals surface area (Å²) in [6, 6.07) is 6.70. The molecule has 1 amide bonds. The fourth-order valence-corrected chi connectivity index (χ4v) is 5.53. The number of ether oxygens (including phenoxy) is 1. The zero-order valence-corrected chi connectivity index (χ0v) is 21.6. The number of allylic oxidation sites excluding steroid dienone is 1. The molecule has 2 fully saturated rings. The summed E-state index contributed by atoms with van der Waals surface area (Å²) < 4.78 is 7.22. The number of anilines is 1. The summed E-state index contributed by atoms with van der Waals surface area (Å²) in [6.45, 7) is 7.69. The van der Waals surface area contributed by atoms with E-state index in [9.17, 15) is 4.79 Å². The van der Waals surface area contributed by atoms with E-state index in [1.54, 1.807) is 17.1 Å². The lowest BCUT2D eigenvalue weighted by atomic mass is 9.90. The molecule has 3 aliphatic rings. The van der Waals surface area contributed by atoms with E-state index in [1.165, 1.54) is 24.0 Å². The smallest absolute Gasteiger partial charge is 0.259 e. The minimum Gasteiger partial charge on any atom is -0.379 e. The highest BCUT2D eigenvalue weighted by molar-refractivity contribution is 6.05. The predicted octanol–water partition coefficient (Wildman–Crippen LogP) is 4.68. The molecule has 2 aliphatic carbocycles. The Bertz CT molecular complexity index is 1320. The highest BCUT2D eigenvalue weighted by atomic mass is 16.5. The Balaban J connectivity index is 1.12. The number of nitrogens with one attached hydrogen (secondary N) is 1. The van der Waals surface area contributed by atoms with Gasteiger partial charge in [-0.25, -0.2) is 9.67 Å². The zero-order valence-electron chi connectivity index (χ0n) is 21.6. The molecule has 6 rings (SSSR count). The molecule has 1 saturated carbocycles. The Labute approximate surface area is 217 Å². The summed E-state index contributed by atoms with van der Waals surface area (Å²) in [7, 11) is 0. The Morgan fingerprint density at radius 2 is 1.89 bits per heavy atom. The molecule has 4 heterocycles. The molecule has 3 aromatic rings. The monoisotopic (exact) mass is 498 g/mol. The second-order valence-electron chi connectivity index (χ2n) is 10.4. The van der Waals surface area contributed by atoms with Crippen LogP contribution in [-0.2, 0) is 4.74 Å². The number of carbonyl (C=O) groups excluding carboxylic acids is 1. The van der Waals surface area contributed by atoms with Crippen molar-refractivity contribution in [3.8, 4) is 5.82 Å². The molecule has 1 saturated heterocycles. The third kappa shape index (κ3) is 5.08. The molecule has 1 N–H and O–H groups in total. The van der Waals surface area contributed by atoms with Crippen molar-refractivity contribution in [2.75, 3.05) is 31.6 Å². The van der Waals surface area contributed by atoms with Crippen LogP contribution in [0.3, 0.4) is 0 Å². The van der Waals surface area contributed by atoms with Gasteiger partial charge >= 0.3 is 0 Å². The van der Waals surface area contributed by atoms with Crippen LogP contribution in [-0.4, -0.2) is 62.9 Å². The molecule has 8 heteroatoms. The number of rotatable bonds is 6. The third-order valence-electron chi connectivity index (χ3n) is 7.88. The fraction of sp³-hybridized carbons (Fsp3) is 0.448. The van der Waals surface area contributed by atoms with E-state index < -0.39 is 0 Å². The molecule has 0 aromatic carbocycles. The van der Waals surface area contributed by atoms with E-state index in [0.29, 0.717) is 23.2 Å². The Morgan fingerprint density at radius 1 is 1.05 bits per heavy atom. The van der Waals surface area contributed by atoms with Crippen molar-refractivity contribution in [3.63, 3.8) is 0 Å². The molecule has 0 radical (unpaired) electrons. The van der Waals surface area contributed by atoms with Gasteiger partial charge in [-0.3, -0.25) is 14.7 Å². The van der Waals surface area contributed by atoms with Gasteiger partial charge in [-0.15, -0.1) is 0 Å². The number of carbonyl (C=O) groups is 1. The lowest BCUT2D eigenvalue weighted by Gasteiger charge is -2.36. The van der Waals surface area contributed by atoms with Gasteiger partial charge in [-0.05, 0) is 80.7 Å². The number of hydrogen-bond donors (Lipinski definition) is 1. The SMILES string of the molecule is Cc1cc(NC(=O)c2cnn(-c3ccc(C4CC4)cn3)c2C)cnc1C1=CCC(N2CCOCC2)CC1. The molecule has 8 nitrogen and oxygen atoms in total. The fourth-order valence-electron chi connectivity index (χ4n) is 5.53. The lowest BCUT2D eigenvalue weighted by Crippen LogP contribution is -2.43. The second kappa shape index (κ2) is 10.2. The molecule has 3 aromatic heterocycles. The first-order valence-corrected chi connectivity index (χ1v) is 13.4. The van der Waals surface area contributed by atoms with Crippen molar-refractivity contribution in [3.05, 3.63) is 70.9 Å². The highest BCUT2D eigenvalue weighted by Gasteiger charge is 2.25. The number of morpholine rings is 1. The largest absolute Gasteiger partial charge is 0.379 e. The molecule has 1 aliphatic heterocycles. The molecular formula is C29H34N6O2. The highest BCUT2D eigenvalue weighted by Crippen LogP contribution is 2.39. The summed E-state index contributed by atoms with van der Waals surface area (Å²) in [5.74, 6) is 1.18. The van der Waals surface area contributed by atoms with E-state index >= 15 is 0 Å².